The average molecular weight is 384 g/mol. The summed E-state index contributed by atoms with van der Waals surface area (Å²) < 4.78 is 7.06. The van der Waals surface area contributed by atoms with E-state index in [0.717, 1.165) is 26.5 Å². The van der Waals surface area contributed by atoms with Crippen LogP contribution >= 0.6 is 23.1 Å². The monoisotopic (exact) mass is 384 g/mol. The number of rotatable bonds is 5. The Balaban J connectivity index is 1.57. The fraction of sp³-hybridized carbons (Fsp3) is 0.211. The maximum Gasteiger partial charge on any atom is 0.329 e. The molecular formula is C19H16N2O3S2. The summed E-state index contributed by atoms with van der Waals surface area (Å²) >= 11 is 2.95. The quantitative estimate of drug-likeness (QED) is 0.707. The van der Waals surface area contributed by atoms with Crippen LogP contribution in [0.3, 0.4) is 0 Å². The van der Waals surface area contributed by atoms with Gasteiger partial charge < -0.3 is 9.84 Å². The van der Waals surface area contributed by atoms with Gasteiger partial charge in [-0.3, -0.25) is 4.99 Å². The second kappa shape index (κ2) is 7.09. The largest absolute Gasteiger partial charge is 0.486 e. The van der Waals surface area contributed by atoms with Crippen LogP contribution in [-0.2, 0) is 4.79 Å². The summed E-state index contributed by atoms with van der Waals surface area (Å²) in [5, 5.41) is 10.6. The molecule has 2 unspecified atom stereocenters. The number of hydrogen-bond acceptors (Lipinski definition) is 6. The fourth-order valence-electron chi connectivity index (χ4n) is 2.68. The number of aliphatic carboxylic acids is 1. The second-order valence-corrected chi connectivity index (χ2v) is 7.96. The first-order chi connectivity index (χ1) is 12.6. The Labute approximate surface area is 158 Å². The van der Waals surface area contributed by atoms with Crippen LogP contribution in [0.15, 0.2) is 53.5 Å². The van der Waals surface area contributed by atoms with Crippen molar-refractivity contribution >= 4 is 44.3 Å². The van der Waals surface area contributed by atoms with E-state index in [2.05, 4.69) is 9.98 Å². The Morgan fingerprint density at radius 3 is 2.81 bits per heavy atom. The molecule has 132 valence electrons. The van der Waals surface area contributed by atoms with Crippen molar-refractivity contribution in [2.45, 2.75) is 19.1 Å². The van der Waals surface area contributed by atoms with Gasteiger partial charge in [0.25, 0.3) is 0 Å². The van der Waals surface area contributed by atoms with Gasteiger partial charge in [-0.1, -0.05) is 30.3 Å². The molecule has 0 radical (unpaired) electrons. The standard InChI is InChI=1S/C19H16N2O3S2/c1-11(12-5-3-2-4-6-12)24-13-7-8-14-16(9-13)26-18(20-14)17-21-15(10-25-17)19(22)23/h2-9,11,15H,10H2,1H3,(H,22,23). The van der Waals surface area contributed by atoms with Crippen molar-refractivity contribution in [3.8, 4) is 5.75 Å². The molecule has 26 heavy (non-hydrogen) atoms. The molecule has 2 aromatic carbocycles. The van der Waals surface area contributed by atoms with Gasteiger partial charge in [-0.2, -0.15) is 0 Å². The van der Waals surface area contributed by atoms with Crippen molar-refractivity contribution < 1.29 is 14.6 Å². The maximum absolute atomic E-state index is 11.1. The van der Waals surface area contributed by atoms with Crippen LogP contribution in [0.5, 0.6) is 5.75 Å². The molecule has 1 aliphatic heterocycles. The summed E-state index contributed by atoms with van der Waals surface area (Å²) in [6, 6.07) is 15.2. The number of ether oxygens (including phenoxy) is 1. The highest BCUT2D eigenvalue weighted by molar-refractivity contribution is 8.15. The van der Waals surface area contributed by atoms with Crippen LogP contribution in [0.2, 0.25) is 0 Å². The second-order valence-electron chi connectivity index (χ2n) is 5.92. The first-order valence-electron chi connectivity index (χ1n) is 8.16. The van der Waals surface area contributed by atoms with Crippen molar-refractivity contribution in [3.05, 3.63) is 59.1 Å². The highest BCUT2D eigenvalue weighted by atomic mass is 32.2. The van der Waals surface area contributed by atoms with Crippen LogP contribution in [0.4, 0.5) is 0 Å². The van der Waals surface area contributed by atoms with Crippen molar-refractivity contribution in [3.63, 3.8) is 0 Å². The Hall–Kier alpha value is -2.38. The van der Waals surface area contributed by atoms with E-state index in [4.69, 9.17) is 9.84 Å². The molecule has 0 aliphatic carbocycles. The molecule has 7 heteroatoms. The zero-order valence-electron chi connectivity index (χ0n) is 14.0. The Morgan fingerprint density at radius 1 is 1.27 bits per heavy atom. The molecule has 0 saturated carbocycles. The van der Waals surface area contributed by atoms with Gasteiger partial charge in [-0.25, -0.2) is 9.78 Å². The number of hydrogen-bond donors (Lipinski definition) is 1. The van der Waals surface area contributed by atoms with E-state index in [9.17, 15) is 4.79 Å². The smallest absolute Gasteiger partial charge is 0.329 e. The molecule has 0 fully saturated rings. The van der Waals surface area contributed by atoms with E-state index < -0.39 is 12.0 Å². The molecule has 3 aromatic rings. The molecule has 0 amide bonds. The summed E-state index contributed by atoms with van der Waals surface area (Å²) in [5.41, 5.74) is 1.99. The molecule has 5 nitrogen and oxygen atoms in total. The van der Waals surface area contributed by atoms with Gasteiger partial charge in [-0.05, 0) is 30.7 Å². The van der Waals surface area contributed by atoms with Gasteiger partial charge in [0.2, 0.25) is 0 Å². The first kappa shape index (κ1) is 17.1. The molecule has 2 heterocycles. The maximum atomic E-state index is 11.1. The van der Waals surface area contributed by atoms with E-state index in [1.54, 1.807) is 0 Å². The SMILES string of the molecule is CC(Oc1ccc2nc(C3=NC(C(=O)O)CS3)sc2c1)c1ccccc1. The third-order valence-corrected chi connectivity index (χ3v) is 6.27. The minimum Gasteiger partial charge on any atom is -0.486 e. The number of carboxylic acids is 1. The number of benzene rings is 2. The minimum atomic E-state index is -0.890. The molecule has 2 atom stereocenters. The zero-order valence-corrected chi connectivity index (χ0v) is 15.6. The highest BCUT2D eigenvalue weighted by Gasteiger charge is 2.26. The summed E-state index contributed by atoms with van der Waals surface area (Å²) in [6.07, 6.45) is -0.0490. The molecule has 0 spiro atoms. The number of fused-ring (bicyclic) bond motifs is 1. The molecule has 1 aromatic heterocycles. The summed E-state index contributed by atoms with van der Waals surface area (Å²) in [4.78, 5) is 19.9. The Morgan fingerprint density at radius 2 is 2.08 bits per heavy atom. The van der Waals surface area contributed by atoms with E-state index in [0.29, 0.717) is 10.8 Å². The number of carboxylic acid groups (broad SMARTS) is 1. The normalized spacial score (nSPS) is 17.9. The van der Waals surface area contributed by atoms with Crippen molar-refractivity contribution in [1.82, 2.24) is 4.98 Å². The number of thiazole rings is 1. The molecule has 1 aliphatic rings. The van der Waals surface area contributed by atoms with Crippen LogP contribution in [0.25, 0.3) is 10.2 Å². The van der Waals surface area contributed by atoms with Gasteiger partial charge >= 0.3 is 5.97 Å². The van der Waals surface area contributed by atoms with Crippen molar-refractivity contribution in [2.75, 3.05) is 5.75 Å². The number of nitrogens with zero attached hydrogens (tertiary/aromatic N) is 2. The number of thioether (sulfide) groups is 1. The minimum absolute atomic E-state index is 0.0490. The van der Waals surface area contributed by atoms with Crippen LogP contribution in [0.1, 0.15) is 23.6 Å². The fourth-order valence-corrected chi connectivity index (χ4v) is 4.77. The van der Waals surface area contributed by atoms with Crippen LogP contribution in [-0.4, -0.2) is 32.9 Å². The number of aromatic nitrogens is 1. The van der Waals surface area contributed by atoms with Crippen molar-refractivity contribution in [2.24, 2.45) is 4.99 Å². The van der Waals surface area contributed by atoms with Crippen LogP contribution < -0.4 is 4.74 Å². The lowest BCUT2D eigenvalue weighted by Crippen LogP contribution is -2.17. The Bertz CT molecular complexity index is 985. The van der Waals surface area contributed by atoms with Gasteiger partial charge in [0, 0.05) is 5.75 Å². The van der Waals surface area contributed by atoms with Crippen molar-refractivity contribution in [1.29, 1.82) is 0 Å². The predicted octanol–water partition coefficient (Wildman–Crippen LogP) is 4.38. The number of aliphatic imine (C=N–C) groups is 1. The summed E-state index contributed by atoms with van der Waals surface area (Å²) in [7, 11) is 0. The number of carbonyl (C=O) groups is 1. The third-order valence-electron chi connectivity index (χ3n) is 4.06. The zero-order chi connectivity index (χ0) is 18.1. The van der Waals surface area contributed by atoms with Gasteiger partial charge in [-0.15, -0.1) is 23.1 Å². The lowest BCUT2D eigenvalue weighted by Gasteiger charge is -2.14. The summed E-state index contributed by atoms with van der Waals surface area (Å²) in [5.74, 6) is 0.358. The molecule has 0 saturated heterocycles. The van der Waals surface area contributed by atoms with E-state index in [-0.39, 0.29) is 6.10 Å². The molecular weight excluding hydrogens is 368 g/mol. The van der Waals surface area contributed by atoms with E-state index in [1.807, 2.05) is 55.5 Å². The van der Waals surface area contributed by atoms with E-state index >= 15 is 0 Å². The highest BCUT2D eigenvalue weighted by Crippen LogP contribution is 2.32. The lowest BCUT2D eigenvalue weighted by molar-refractivity contribution is -0.137. The van der Waals surface area contributed by atoms with Gasteiger partial charge in [0.05, 0.1) is 10.2 Å². The third kappa shape index (κ3) is 3.45. The lowest BCUT2D eigenvalue weighted by atomic mass is 10.1. The van der Waals surface area contributed by atoms with Gasteiger partial charge in [0.15, 0.2) is 6.04 Å². The topological polar surface area (TPSA) is 71.8 Å². The summed E-state index contributed by atoms with van der Waals surface area (Å²) in [6.45, 7) is 2.02. The molecule has 4 rings (SSSR count). The van der Waals surface area contributed by atoms with Gasteiger partial charge in [0.1, 0.15) is 21.9 Å². The molecule has 0 bridgehead atoms. The molecule has 1 N–H and O–H groups in total. The van der Waals surface area contributed by atoms with E-state index in [1.165, 1.54) is 23.1 Å². The first-order valence-corrected chi connectivity index (χ1v) is 9.96. The predicted molar refractivity (Wildman–Crippen MR) is 106 cm³/mol. The average Bonchev–Trinajstić information content (AvgIpc) is 3.29. The Kier molecular flexibility index (Phi) is 4.65. The van der Waals surface area contributed by atoms with Crippen LogP contribution in [0, 0.1) is 0 Å².